The molecule has 1 aliphatic rings. The van der Waals surface area contributed by atoms with E-state index in [0.717, 1.165) is 86.6 Å². The van der Waals surface area contributed by atoms with Crippen LogP contribution < -0.4 is 4.90 Å². The molecule has 0 N–H and O–H groups in total. The number of carbonyl (C=O) groups excluding carboxylic acids is 1. The van der Waals surface area contributed by atoms with Gasteiger partial charge in [0.15, 0.2) is 5.65 Å². The first-order valence-corrected chi connectivity index (χ1v) is 12.4. The number of anilines is 1. The van der Waals surface area contributed by atoms with Gasteiger partial charge in [0.2, 0.25) is 5.91 Å². The first kappa shape index (κ1) is 23.2. The second-order valence-electron chi connectivity index (χ2n) is 9.37. The van der Waals surface area contributed by atoms with E-state index in [2.05, 4.69) is 30.8 Å². The van der Waals surface area contributed by atoms with Crippen LogP contribution >= 0.6 is 0 Å². The summed E-state index contributed by atoms with van der Waals surface area (Å²) in [5.74, 6) is 2.54. The van der Waals surface area contributed by atoms with Gasteiger partial charge in [0, 0.05) is 39.0 Å². The van der Waals surface area contributed by atoms with Gasteiger partial charge >= 0.3 is 0 Å². The third-order valence-corrected chi connectivity index (χ3v) is 6.19. The Morgan fingerprint density at radius 1 is 1.03 bits per heavy atom. The lowest BCUT2D eigenvalue weighted by molar-refractivity contribution is -0.131. The van der Waals surface area contributed by atoms with Crippen molar-refractivity contribution in [2.45, 2.75) is 59.3 Å². The van der Waals surface area contributed by atoms with Crippen molar-refractivity contribution < 1.29 is 4.79 Å². The van der Waals surface area contributed by atoms with Gasteiger partial charge in [-0.05, 0) is 30.9 Å². The van der Waals surface area contributed by atoms with Gasteiger partial charge in [0.05, 0.1) is 17.3 Å². The van der Waals surface area contributed by atoms with Crippen molar-refractivity contribution >= 4 is 22.8 Å². The fourth-order valence-electron chi connectivity index (χ4n) is 4.46. The summed E-state index contributed by atoms with van der Waals surface area (Å²) in [6, 6.07) is 10.1. The molecule has 7 heteroatoms. The summed E-state index contributed by atoms with van der Waals surface area (Å²) in [7, 11) is 0. The van der Waals surface area contributed by atoms with Gasteiger partial charge in [-0.25, -0.2) is 14.6 Å². The largest absolute Gasteiger partial charge is 0.354 e. The molecule has 1 fully saturated rings. The number of fused-ring (bicyclic) bond motifs is 1. The van der Waals surface area contributed by atoms with Gasteiger partial charge < -0.3 is 9.80 Å². The minimum Gasteiger partial charge on any atom is -0.354 e. The maximum Gasteiger partial charge on any atom is 0.222 e. The molecule has 7 nitrogen and oxygen atoms in total. The van der Waals surface area contributed by atoms with E-state index in [1.165, 1.54) is 0 Å². The molecule has 1 saturated heterocycles. The highest BCUT2D eigenvalue weighted by Crippen LogP contribution is 2.27. The Morgan fingerprint density at radius 2 is 1.85 bits per heavy atom. The minimum absolute atomic E-state index is 0.288. The van der Waals surface area contributed by atoms with Crippen molar-refractivity contribution in [1.82, 2.24) is 24.6 Å². The van der Waals surface area contributed by atoms with E-state index in [-0.39, 0.29) is 5.91 Å². The highest BCUT2D eigenvalue weighted by Gasteiger charge is 2.23. The lowest BCUT2D eigenvalue weighted by Crippen LogP contribution is -2.35. The van der Waals surface area contributed by atoms with E-state index in [9.17, 15) is 4.79 Å². The molecule has 0 radical (unpaired) electrons. The lowest BCUT2D eigenvalue weighted by Gasteiger charge is -2.24. The molecular weight excluding hydrogens is 412 g/mol. The first-order chi connectivity index (χ1) is 16.1. The number of aromatic nitrogens is 4. The lowest BCUT2D eigenvalue weighted by atomic mass is 10.1. The zero-order valence-corrected chi connectivity index (χ0v) is 20.2. The number of rotatable bonds is 8. The molecular formula is C26H36N6O. The zero-order chi connectivity index (χ0) is 23.2. The molecule has 2 aromatic heterocycles. The molecule has 4 rings (SSSR count). The average Bonchev–Trinajstić information content (AvgIpc) is 3.07. The van der Waals surface area contributed by atoms with Crippen LogP contribution in [0.5, 0.6) is 0 Å². The summed E-state index contributed by atoms with van der Waals surface area (Å²) >= 11 is 0. The molecule has 1 amide bonds. The third-order valence-electron chi connectivity index (χ3n) is 6.19. The minimum atomic E-state index is 0.288. The molecule has 1 aromatic carbocycles. The molecule has 0 spiro atoms. The van der Waals surface area contributed by atoms with Gasteiger partial charge in [0.1, 0.15) is 11.6 Å². The van der Waals surface area contributed by atoms with Gasteiger partial charge in [0.25, 0.3) is 0 Å². The van der Waals surface area contributed by atoms with Crippen molar-refractivity contribution in [3.05, 3.63) is 42.4 Å². The van der Waals surface area contributed by atoms with Gasteiger partial charge in [-0.2, -0.15) is 5.10 Å². The van der Waals surface area contributed by atoms with Crippen LogP contribution in [0.3, 0.4) is 0 Å². The van der Waals surface area contributed by atoms with E-state index in [4.69, 9.17) is 9.97 Å². The number of amides is 1. The summed E-state index contributed by atoms with van der Waals surface area (Å²) in [6.07, 6.45) is 7.55. The van der Waals surface area contributed by atoms with Crippen LogP contribution in [-0.4, -0.2) is 56.7 Å². The molecule has 0 unspecified atom stereocenters. The smallest absolute Gasteiger partial charge is 0.222 e. The Bertz CT molecular complexity index is 1060. The maximum absolute atomic E-state index is 12.7. The van der Waals surface area contributed by atoms with Crippen LogP contribution in [0.1, 0.15) is 58.7 Å². The fourth-order valence-corrected chi connectivity index (χ4v) is 4.46. The Morgan fingerprint density at radius 3 is 2.61 bits per heavy atom. The van der Waals surface area contributed by atoms with Crippen LogP contribution in [0.4, 0.5) is 5.82 Å². The molecule has 3 heterocycles. The SMILES string of the molecule is CCCCCC(=O)N1CCCN(c2nc(CC(C)C)nc3c2cnn3-c2ccccc2)CC1. The van der Waals surface area contributed by atoms with Crippen molar-refractivity contribution in [3.63, 3.8) is 0 Å². The number of hydrogen-bond donors (Lipinski definition) is 0. The Kier molecular flexibility index (Phi) is 7.57. The summed E-state index contributed by atoms with van der Waals surface area (Å²) in [4.78, 5) is 27.0. The molecule has 176 valence electrons. The van der Waals surface area contributed by atoms with Gasteiger partial charge in [-0.1, -0.05) is 51.8 Å². The topological polar surface area (TPSA) is 67.2 Å². The predicted octanol–water partition coefficient (Wildman–Crippen LogP) is 4.63. The second-order valence-corrected chi connectivity index (χ2v) is 9.37. The summed E-state index contributed by atoms with van der Waals surface area (Å²) in [5.41, 5.74) is 1.84. The van der Waals surface area contributed by atoms with Crippen LogP contribution in [0.2, 0.25) is 0 Å². The maximum atomic E-state index is 12.7. The monoisotopic (exact) mass is 448 g/mol. The summed E-state index contributed by atoms with van der Waals surface area (Å²) in [6.45, 7) is 9.77. The number of hydrogen-bond acceptors (Lipinski definition) is 5. The Hall–Kier alpha value is -2.96. The fraction of sp³-hybridized carbons (Fsp3) is 0.538. The number of benzene rings is 1. The van der Waals surface area contributed by atoms with Crippen molar-refractivity contribution in [2.24, 2.45) is 5.92 Å². The predicted molar refractivity (Wildman–Crippen MR) is 133 cm³/mol. The van der Waals surface area contributed by atoms with Crippen molar-refractivity contribution in [2.75, 3.05) is 31.1 Å². The quantitative estimate of drug-likeness (QED) is 0.470. The highest BCUT2D eigenvalue weighted by atomic mass is 16.2. The number of para-hydroxylation sites is 1. The Labute approximate surface area is 196 Å². The van der Waals surface area contributed by atoms with Crippen molar-refractivity contribution in [1.29, 1.82) is 0 Å². The molecule has 0 atom stereocenters. The summed E-state index contributed by atoms with van der Waals surface area (Å²) < 4.78 is 1.91. The summed E-state index contributed by atoms with van der Waals surface area (Å²) in [5, 5.41) is 5.64. The van der Waals surface area contributed by atoms with Gasteiger partial charge in [-0.15, -0.1) is 0 Å². The normalized spacial score (nSPS) is 14.8. The molecule has 0 aliphatic carbocycles. The Balaban J connectivity index is 1.62. The van der Waals surface area contributed by atoms with E-state index in [0.29, 0.717) is 12.3 Å². The molecule has 3 aromatic rings. The van der Waals surface area contributed by atoms with Crippen LogP contribution in [0.15, 0.2) is 36.5 Å². The van der Waals surface area contributed by atoms with Crippen LogP contribution in [0.25, 0.3) is 16.7 Å². The molecule has 1 aliphatic heterocycles. The molecule has 0 saturated carbocycles. The second kappa shape index (κ2) is 10.8. The van der Waals surface area contributed by atoms with E-state index < -0.39 is 0 Å². The number of nitrogens with zero attached hydrogens (tertiary/aromatic N) is 6. The van der Waals surface area contributed by atoms with Crippen molar-refractivity contribution in [3.8, 4) is 5.69 Å². The van der Waals surface area contributed by atoms with Crippen LogP contribution in [-0.2, 0) is 11.2 Å². The highest BCUT2D eigenvalue weighted by molar-refractivity contribution is 5.88. The zero-order valence-electron chi connectivity index (χ0n) is 20.2. The van der Waals surface area contributed by atoms with E-state index in [1.807, 2.05) is 46.1 Å². The van der Waals surface area contributed by atoms with E-state index in [1.54, 1.807) is 0 Å². The standard InChI is InChI=1S/C26H36N6O/c1-4-5-7-13-24(33)30-14-10-15-31(17-16-30)25-22-19-27-32(21-11-8-6-9-12-21)26(22)29-23(28-25)18-20(2)3/h6,8-9,11-12,19-20H,4-5,7,10,13-18H2,1-3H3. The number of unbranched alkanes of at least 4 members (excludes halogenated alkanes) is 2. The van der Waals surface area contributed by atoms with Crippen LogP contribution in [0, 0.1) is 5.92 Å². The molecule has 33 heavy (non-hydrogen) atoms. The number of carbonyl (C=O) groups is 1. The molecule has 0 bridgehead atoms. The van der Waals surface area contributed by atoms with Gasteiger partial charge in [-0.3, -0.25) is 4.79 Å². The average molecular weight is 449 g/mol. The van der Waals surface area contributed by atoms with E-state index >= 15 is 0 Å². The third kappa shape index (κ3) is 5.52. The first-order valence-electron chi connectivity index (χ1n) is 12.4.